The van der Waals surface area contributed by atoms with Crippen LogP contribution in [0.25, 0.3) is 0 Å². The van der Waals surface area contributed by atoms with Crippen molar-refractivity contribution in [3.05, 3.63) is 53.7 Å². The zero-order chi connectivity index (χ0) is 14.5. The molecule has 104 valence electrons. The number of carbonyl (C=O) groups excluding carboxylic acids is 1. The number of rotatable bonds is 5. The molecule has 1 unspecified atom stereocenters. The quantitative estimate of drug-likeness (QED) is 0.772. The smallest absolute Gasteiger partial charge is 0.252 e. The van der Waals surface area contributed by atoms with Crippen LogP contribution in [0.4, 0.5) is 11.5 Å². The molecule has 0 saturated carbocycles. The highest BCUT2D eigenvalue weighted by molar-refractivity contribution is 5.98. The number of carbonyl (C=O) groups is 1. The van der Waals surface area contributed by atoms with Gasteiger partial charge in [0.1, 0.15) is 5.82 Å². The first kappa shape index (κ1) is 13.9. The highest BCUT2D eigenvalue weighted by Crippen LogP contribution is 2.17. The fourth-order valence-electron chi connectivity index (χ4n) is 2.04. The van der Waals surface area contributed by atoms with E-state index in [0.717, 1.165) is 6.42 Å². The van der Waals surface area contributed by atoms with Gasteiger partial charge >= 0.3 is 0 Å². The van der Waals surface area contributed by atoms with Crippen LogP contribution < -0.4 is 16.8 Å². The average Bonchev–Trinajstić information content (AvgIpc) is 2.41. The largest absolute Gasteiger partial charge is 0.397 e. The summed E-state index contributed by atoms with van der Waals surface area (Å²) in [6, 6.07) is 11.7. The van der Waals surface area contributed by atoms with Gasteiger partial charge in [0.25, 0.3) is 5.91 Å². The van der Waals surface area contributed by atoms with Crippen LogP contribution in [-0.2, 0) is 6.42 Å². The van der Waals surface area contributed by atoms with Gasteiger partial charge in [0.05, 0.1) is 17.4 Å². The van der Waals surface area contributed by atoms with E-state index in [1.807, 2.05) is 25.1 Å². The molecule has 2 rings (SSSR count). The van der Waals surface area contributed by atoms with Crippen molar-refractivity contribution in [1.82, 2.24) is 4.98 Å². The molecular weight excluding hydrogens is 252 g/mol. The predicted octanol–water partition coefficient (Wildman–Crippen LogP) is 1.81. The number of benzene rings is 1. The fourth-order valence-corrected chi connectivity index (χ4v) is 2.04. The number of primary amides is 1. The zero-order valence-electron chi connectivity index (χ0n) is 11.3. The summed E-state index contributed by atoms with van der Waals surface area (Å²) in [4.78, 5) is 15.5. The molecular formula is C15H18N4O. The Kier molecular flexibility index (Phi) is 4.20. The van der Waals surface area contributed by atoms with E-state index in [4.69, 9.17) is 11.5 Å². The normalized spacial score (nSPS) is 11.8. The molecule has 1 heterocycles. The van der Waals surface area contributed by atoms with Crippen molar-refractivity contribution in [2.75, 3.05) is 11.1 Å². The van der Waals surface area contributed by atoms with Gasteiger partial charge in [-0.2, -0.15) is 0 Å². The Hall–Kier alpha value is -2.56. The molecule has 1 atom stereocenters. The fraction of sp³-hybridized carbons (Fsp3) is 0.200. The highest BCUT2D eigenvalue weighted by atomic mass is 16.1. The molecule has 0 aliphatic heterocycles. The van der Waals surface area contributed by atoms with Crippen molar-refractivity contribution in [1.29, 1.82) is 0 Å². The van der Waals surface area contributed by atoms with E-state index in [-0.39, 0.29) is 6.04 Å². The van der Waals surface area contributed by atoms with E-state index in [0.29, 0.717) is 17.1 Å². The van der Waals surface area contributed by atoms with Crippen molar-refractivity contribution >= 4 is 17.4 Å². The molecule has 0 saturated heterocycles. The third-order valence-corrected chi connectivity index (χ3v) is 2.94. The van der Waals surface area contributed by atoms with Crippen molar-refractivity contribution in [2.45, 2.75) is 19.4 Å². The molecule has 0 radical (unpaired) electrons. The monoisotopic (exact) mass is 270 g/mol. The van der Waals surface area contributed by atoms with E-state index < -0.39 is 5.91 Å². The van der Waals surface area contributed by atoms with E-state index >= 15 is 0 Å². The summed E-state index contributed by atoms with van der Waals surface area (Å²) in [6.45, 7) is 2.02. The Bertz CT molecular complexity index is 598. The van der Waals surface area contributed by atoms with Crippen LogP contribution in [0.2, 0.25) is 0 Å². The molecule has 1 aromatic heterocycles. The molecule has 5 heteroatoms. The maximum atomic E-state index is 11.4. The van der Waals surface area contributed by atoms with Gasteiger partial charge in [-0.3, -0.25) is 4.79 Å². The Balaban J connectivity index is 2.11. The first-order chi connectivity index (χ1) is 9.56. The Morgan fingerprint density at radius 2 is 2.05 bits per heavy atom. The first-order valence-electron chi connectivity index (χ1n) is 6.42. The van der Waals surface area contributed by atoms with Gasteiger partial charge in [-0.25, -0.2) is 4.98 Å². The van der Waals surface area contributed by atoms with Crippen LogP contribution in [0, 0.1) is 0 Å². The summed E-state index contributed by atoms with van der Waals surface area (Å²) >= 11 is 0. The van der Waals surface area contributed by atoms with Crippen LogP contribution in [0.5, 0.6) is 0 Å². The Morgan fingerprint density at radius 3 is 2.70 bits per heavy atom. The van der Waals surface area contributed by atoms with Crippen LogP contribution >= 0.6 is 0 Å². The predicted molar refractivity (Wildman–Crippen MR) is 80.4 cm³/mol. The summed E-state index contributed by atoms with van der Waals surface area (Å²) in [6.07, 6.45) is 2.33. The van der Waals surface area contributed by atoms with Gasteiger partial charge in [0.2, 0.25) is 0 Å². The molecule has 0 bridgehead atoms. The number of nitrogens with two attached hydrogens (primary N) is 2. The van der Waals surface area contributed by atoms with E-state index in [1.54, 1.807) is 0 Å². The molecule has 20 heavy (non-hydrogen) atoms. The minimum Gasteiger partial charge on any atom is -0.397 e. The van der Waals surface area contributed by atoms with E-state index in [2.05, 4.69) is 22.4 Å². The van der Waals surface area contributed by atoms with Gasteiger partial charge in [-0.1, -0.05) is 30.3 Å². The Morgan fingerprint density at radius 1 is 1.35 bits per heavy atom. The SMILES string of the molecule is CC(Cc1ccccc1)Nc1ncc(N)cc1C(N)=O. The standard InChI is InChI=1S/C15H18N4O/c1-10(7-11-5-3-2-4-6-11)19-15-13(14(17)20)8-12(16)9-18-15/h2-6,8-10H,7,16H2,1H3,(H2,17,20)(H,18,19). The van der Waals surface area contributed by atoms with Crippen LogP contribution in [0.3, 0.4) is 0 Å². The maximum Gasteiger partial charge on any atom is 0.252 e. The number of amides is 1. The van der Waals surface area contributed by atoms with Crippen LogP contribution in [-0.4, -0.2) is 16.9 Å². The summed E-state index contributed by atoms with van der Waals surface area (Å²) in [5.41, 5.74) is 12.9. The average molecular weight is 270 g/mol. The minimum atomic E-state index is -0.542. The third kappa shape index (κ3) is 3.47. The van der Waals surface area contributed by atoms with Gasteiger partial charge in [0, 0.05) is 6.04 Å². The lowest BCUT2D eigenvalue weighted by molar-refractivity contribution is 0.100. The number of hydrogen-bond donors (Lipinski definition) is 3. The Labute approximate surface area is 118 Å². The van der Waals surface area contributed by atoms with E-state index in [9.17, 15) is 4.79 Å². The molecule has 2 aromatic rings. The number of hydrogen-bond acceptors (Lipinski definition) is 4. The molecule has 0 spiro atoms. The van der Waals surface area contributed by atoms with Crippen molar-refractivity contribution < 1.29 is 4.79 Å². The van der Waals surface area contributed by atoms with Crippen LogP contribution in [0.15, 0.2) is 42.6 Å². The second-order valence-corrected chi connectivity index (χ2v) is 4.76. The number of pyridine rings is 1. The molecule has 0 aliphatic rings. The number of nitrogen functional groups attached to an aromatic ring is 1. The molecule has 1 amide bonds. The summed E-state index contributed by atoms with van der Waals surface area (Å²) in [7, 11) is 0. The lowest BCUT2D eigenvalue weighted by Gasteiger charge is -2.16. The van der Waals surface area contributed by atoms with Crippen molar-refractivity contribution in [3.8, 4) is 0 Å². The van der Waals surface area contributed by atoms with E-state index in [1.165, 1.54) is 17.8 Å². The molecule has 5 N–H and O–H groups in total. The summed E-state index contributed by atoms with van der Waals surface area (Å²) in [5.74, 6) is -0.0747. The summed E-state index contributed by atoms with van der Waals surface area (Å²) in [5, 5.41) is 3.20. The zero-order valence-corrected chi connectivity index (χ0v) is 11.3. The topological polar surface area (TPSA) is 94.0 Å². The highest BCUT2D eigenvalue weighted by Gasteiger charge is 2.12. The van der Waals surface area contributed by atoms with Crippen molar-refractivity contribution in [2.24, 2.45) is 5.73 Å². The number of aromatic nitrogens is 1. The lowest BCUT2D eigenvalue weighted by Crippen LogP contribution is -2.23. The maximum absolute atomic E-state index is 11.4. The summed E-state index contributed by atoms with van der Waals surface area (Å²) < 4.78 is 0. The van der Waals surface area contributed by atoms with Gasteiger partial charge in [-0.05, 0) is 25.0 Å². The molecule has 5 nitrogen and oxygen atoms in total. The van der Waals surface area contributed by atoms with Gasteiger partial charge in [0.15, 0.2) is 0 Å². The number of nitrogens with zero attached hydrogens (tertiary/aromatic N) is 1. The molecule has 1 aromatic carbocycles. The van der Waals surface area contributed by atoms with Crippen molar-refractivity contribution in [3.63, 3.8) is 0 Å². The number of nitrogens with one attached hydrogen (secondary N) is 1. The first-order valence-corrected chi connectivity index (χ1v) is 6.42. The van der Waals surface area contributed by atoms with Crippen LogP contribution in [0.1, 0.15) is 22.8 Å². The second kappa shape index (κ2) is 6.06. The lowest BCUT2D eigenvalue weighted by atomic mass is 10.1. The third-order valence-electron chi connectivity index (χ3n) is 2.94. The van der Waals surface area contributed by atoms with Gasteiger partial charge < -0.3 is 16.8 Å². The van der Waals surface area contributed by atoms with Gasteiger partial charge in [-0.15, -0.1) is 0 Å². The number of anilines is 2. The second-order valence-electron chi connectivity index (χ2n) is 4.76. The minimum absolute atomic E-state index is 0.117. The molecule has 0 aliphatic carbocycles. The molecule has 0 fully saturated rings.